The van der Waals surface area contributed by atoms with Gasteiger partial charge in [-0.15, -0.1) is 11.3 Å². The molecular weight excluding hydrogens is 500 g/mol. The van der Waals surface area contributed by atoms with Crippen molar-refractivity contribution < 1.29 is 23.8 Å². The van der Waals surface area contributed by atoms with Gasteiger partial charge in [0.2, 0.25) is 11.8 Å². The van der Waals surface area contributed by atoms with Gasteiger partial charge in [-0.2, -0.15) is 0 Å². The van der Waals surface area contributed by atoms with Crippen molar-refractivity contribution in [2.45, 2.75) is 71.3 Å². The van der Waals surface area contributed by atoms with Gasteiger partial charge in [0.1, 0.15) is 0 Å². The Morgan fingerprint density at radius 3 is 2.24 bits per heavy atom. The van der Waals surface area contributed by atoms with Crippen LogP contribution < -0.4 is 9.47 Å². The molecule has 1 aromatic carbocycles. The summed E-state index contributed by atoms with van der Waals surface area (Å²) in [5, 5.41) is 2.02. The highest BCUT2D eigenvalue weighted by atomic mass is 32.1. The van der Waals surface area contributed by atoms with Crippen molar-refractivity contribution in [3.05, 3.63) is 46.2 Å². The number of carbonyl (C=O) groups excluding carboxylic acids is 2. The van der Waals surface area contributed by atoms with Crippen molar-refractivity contribution in [2.24, 2.45) is 0 Å². The third kappa shape index (κ3) is 11.4. The first-order valence-electron chi connectivity index (χ1n) is 13.8. The van der Waals surface area contributed by atoms with E-state index in [1.165, 1.54) is 25.7 Å². The summed E-state index contributed by atoms with van der Waals surface area (Å²) in [4.78, 5) is 31.2. The molecule has 212 valence electrons. The lowest BCUT2D eigenvalue weighted by atomic mass is 10.1. The van der Waals surface area contributed by atoms with Crippen molar-refractivity contribution in [3.63, 3.8) is 0 Å². The Morgan fingerprint density at radius 1 is 0.842 bits per heavy atom. The van der Waals surface area contributed by atoms with Gasteiger partial charge < -0.3 is 24.0 Å². The number of amides is 2. The van der Waals surface area contributed by atoms with Crippen molar-refractivity contribution in [3.8, 4) is 11.5 Å². The molecule has 2 amide bonds. The molecule has 1 heterocycles. The minimum absolute atomic E-state index is 0.0277. The summed E-state index contributed by atoms with van der Waals surface area (Å²) >= 11 is 1.63. The van der Waals surface area contributed by atoms with E-state index in [0.29, 0.717) is 50.6 Å². The summed E-state index contributed by atoms with van der Waals surface area (Å²) in [5.41, 5.74) is 1.05. The topological polar surface area (TPSA) is 68.3 Å². The molecule has 8 heteroatoms. The van der Waals surface area contributed by atoms with Crippen LogP contribution in [0.1, 0.15) is 68.7 Å². The first-order chi connectivity index (χ1) is 18.5. The first kappa shape index (κ1) is 31.6. The van der Waals surface area contributed by atoms with Gasteiger partial charge in [0.25, 0.3) is 0 Å². The van der Waals surface area contributed by atoms with Crippen molar-refractivity contribution in [1.82, 2.24) is 9.80 Å². The van der Waals surface area contributed by atoms with Gasteiger partial charge in [-0.3, -0.25) is 9.59 Å². The highest BCUT2D eigenvalue weighted by molar-refractivity contribution is 7.09. The van der Waals surface area contributed by atoms with Gasteiger partial charge in [0, 0.05) is 31.5 Å². The largest absolute Gasteiger partial charge is 0.493 e. The molecule has 0 aliphatic heterocycles. The van der Waals surface area contributed by atoms with Gasteiger partial charge in [0.05, 0.1) is 33.9 Å². The molecule has 2 rings (SSSR count). The average molecular weight is 547 g/mol. The number of carbonyl (C=O) groups is 2. The van der Waals surface area contributed by atoms with Crippen LogP contribution in [0.25, 0.3) is 0 Å². The molecule has 0 saturated heterocycles. The van der Waals surface area contributed by atoms with Crippen LogP contribution >= 0.6 is 11.3 Å². The second kappa shape index (κ2) is 18.6. The predicted molar refractivity (Wildman–Crippen MR) is 154 cm³/mol. The van der Waals surface area contributed by atoms with E-state index < -0.39 is 0 Å². The van der Waals surface area contributed by atoms with Gasteiger partial charge in [-0.1, -0.05) is 57.6 Å². The second-order valence-corrected chi connectivity index (χ2v) is 10.5. The van der Waals surface area contributed by atoms with E-state index in [4.69, 9.17) is 14.2 Å². The van der Waals surface area contributed by atoms with Gasteiger partial charge >= 0.3 is 0 Å². The maximum Gasteiger partial charge on any atom is 0.242 e. The van der Waals surface area contributed by atoms with Crippen molar-refractivity contribution in [2.75, 3.05) is 47.6 Å². The molecule has 0 aliphatic carbocycles. The van der Waals surface area contributed by atoms with E-state index >= 15 is 0 Å². The number of benzene rings is 1. The second-order valence-electron chi connectivity index (χ2n) is 9.51. The number of nitrogens with zero attached hydrogens (tertiary/aromatic N) is 2. The van der Waals surface area contributed by atoms with Crippen LogP contribution in [-0.4, -0.2) is 69.2 Å². The molecule has 1 aromatic heterocycles. The quantitative estimate of drug-likeness (QED) is 0.192. The third-order valence-corrected chi connectivity index (χ3v) is 7.50. The van der Waals surface area contributed by atoms with Crippen LogP contribution in [0.5, 0.6) is 11.5 Å². The fourth-order valence-corrected chi connectivity index (χ4v) is 5.05. The fourth-order valence-electron chi connectivity index (χ4n) is 4.33. The van der Waals surface area contributed by atoms with Crippen molar-refractivity contribution in [1.29, 1.82) is 0 Å². The Balaban J connectivity index is 2.01. The standard InChI is InChI=1S/C30H46N2O5S/c1-5-6-7-8-9-10-11-14-29(33)32(19-20-35-2)24-30(34)31(23-26-13-12-21-38-26)18-17-25-15-16-27(36-3)28(22-25)37-4/h12-13,15-16,21-22H,5-11,14,17-20,23-24H2,1-4H3. The summed E-state index contributed by atoms with van der Waals surface area (Å²) in [5.74, 6) is 1.32. The summed E-state index contributed by atoms with van der Waals surface area (Å²) in [6.45, 7) is 4.17. The third-order valence-electron chi connectivity index (χ3n) is 6.64. The van der Waals surface area contributed by atoms with Gasteiger partial charge in [-0.05, 0) is 42.0 Å². The zero-order chi connectivity index (χ0) is 27.6. The minimum atomic E-state index is -0.0529. The Hall–Kier alpha value is -2.58. The van der Waals surface area contributed by atoms with Crippen LogP contribution in [0.2, 0.25) is 0 Å². The highest BCUT2D eigenvalue weighted by Gasteiger charge is 2.22. The zero-order valence-electron chi connectivity index (χ0n) is 23.7. The van der Waals surface area contributed by atoms with E-state index in [2.05, 4.69) is 6.92 Å². The molecule has 2 aromatic rings. The number of hydrogen-bond acceptors (Lipinski definition) is 6. The summed E-state index contributed by atoms with van der Waals surface area (Å²) < 4.78 is 16.0. The fraction of sp³-hybridized carbons (Fsp3) is 0.600. The molecule has 0 bridgehead atoms. The Morgan fingerprint density at radius 2 is 1.58 bits per heavy atom. The normalized spacial score (nSPS) is 10.8. The lowest BCUT2D eigenvalue weighted by Gasteiger charge is -2.28. The Bertz CT molecular complexity index is 935. The number of ether oxygens (including phenoxy) is 3. The molecule has 0 fully saturated rings. The van der Waals surface area contributed by atoms with Crippen LogP contribution in [-0.2, 0) is 27.3 Å². The lowest BCUT2D eigenvalue weighted by molar-refractivity contribution is -0.141. The van der Waals surface area contributed by atoms with Crippen molar-refractivity contribution >= 4 is 23.2 Å². The van der Waals surface area contributed by atoms with E-state index in [9.17, 15) is 9.59 Å². The number of hydrogen-bond donors (Lipinski definition) is 0. The molecule has 0 N–H and O–H groups in total. The van der Waals surface area contributed by atoms with Gasteiger partial charge in [0.15, 0.2) is 11.5 Å². The highest BCUT2D eigenvalue weighted by Crippen LogP contribution is 2.28. The predicted octanol–water partition coefficient (Wildman–Crippen LogP) is 5.95. The number of rotatable bonds is 20. The van der Waals surface area contributed by atoms with Crippen LogP contribution in [0.3, 0.4) is 0 Å². The van der Waals surface area contributed by atoms with Crippen LogP contribution in [0.4, 0.5) is 0 Å². The van der Waals surface area contributed by atoms with E-state index in [0.717, 1.165) is 29.7 Å². The smallest absolute Gasteiger partial charge is 0.242 e. The molecule has 7 nitrogen and oxygen atoms in total. The summed E-state index contributed by atoms with van der Waals surface area (Å²) in [6.07, 6.45) is 9.22. The molecule has 0 saturated carbocycles. The monoisotopic (exact) mass is 546 g/mol. The Labute approximate surface area is 233 Å². The average Bonchev–Trinajstić information content (AvgIpc) is 3.45. The molecule has 0 atom stereocenters. The molecular formula is C30H46N2O5S. The van der Waals surface area contributed by atoms with E-state index in [1.807, 2.05) is 40.6 Å². The zero-order valence-corrected chi connectivity index (χ0v) is 24.5. The molecule has 0 radical (unpaired) electrons. The summed E-state index contributed by atoms with van der Waals surface area (Å²) in [7, 11) is 4.85. The minimum Gasteiger partial charge on any atom is -0.493 e. The molecule has 0 aliphatic rings. The number of methoxy groups -OCH3 is 3. The molecule has 0 unspecified atom stereocenters. The maximum absolute atomic E-state index is 13.5. The first-order valence-corrected chi connectivity index (χ1v) is 14.7. The lowest BCUT2D eigenvalue weighted by Crippen LogP contribution is -2.44. The molecule has 38 heavy (non-hydrogen) atoms. The number of thiophene rings is 1. The SMILES string of the molecule is CCCCCCCCCC(=O)N(CCOC)CC(=O)N(CCc1ccc(OC)c(OC)c1)Cc1cccs1. The van der Waals surface area contributed by atoms with Gasteiger partial charge in [-0.25, -0.2) is 0 Å². The van der Waals surface area contributed by atoms with Crippen LogP contribution in [0, 0.1) is 0 Å². The van der Waals surface area contributed by atoms with E-state index in [1.54, 1.807) is 37.6 Å². The van der Waals surface area contributed by atoms with Crippen LogP contribution in [0.15, 0.2) is 35.7 Å². The molecule has 0 spiro atoms. The summed E-state index contributed by atoms with van der Waals surface area (Å²) in [6, 6.07) is 9.85. The maximum atomic E-state index is 13.5. The Kier molecular flexibility index (Phi) is 15.5. The van der Waals surface area contributed by atoms with E-state index in [-0.39, 0.29) is 18.4 Å². The number of unbranched alkanes of at least 4 members (excludes halogenated alkanes) is 6.